The summed E-state index contributed by atoms with van der Waals surface area (Å²) in [6.45, 7) is 3.82. The van der Waals surface area contributed by atoms with E-state index in [1.165, 1.54) is 0 Å². The third kappa shape index (κ3) is 6.54. The Hall–Kier alpha value is -1.59. The summed E-state index contributed by atoms with van der Waals surface area (Å²) in [5, 5.41) is 2.70. The van der Waals surface area contributed by atoms with Crippen LogP contribution in [0.1, 0.15) is 25.8 Å². The quantitative estimate of drug-likeness (QED) is 0.786. The molecule has 0 aliphatic carbocycles. The standard InChI is InChI=1S/C14H20N2O3.ClH/c1-3-19-13(17)9-6-11-4-7-12(8-5-11)16-14(18)10(2)15;/h4-5,7-8,10H,3,6,9,15H2,1-2H3,(H,16,18);1H/t10-;/m1./s1. The average Bonchev–Trinajstić information content (AvgIpc) is 2.38. The summed E-state index contributed by atoms with van der Waals surface area (Å²) in [6, 6.07) is 6.79. The van der Waals surface area contributed by atoms with Gasteiger partial charge in [0.15, 0.2) is 0 Å². The summed E-state index contributed by atoms with van der Waals surface area (Å²) in [6.07, 6.45) is 0.986. The Kier molecular flexibility index (Phi) is 8.59. The van der Waals surface area contributed by atoms with E-state index < -0.39 is 6.04 Å². The van der Waals surface area contributed by atoms with E-state index in [-0.39, 0.29) is 24.3 Å². The van der Waals surface area contributed by atoms with E-state index in [0.29, 0.717) is 25.1 Å². The Morgan fingerprint density at radius 1 is 1.30 bits per heavy atom. The van der Waals surface area contributed by atoms with Crippen LogP contribution >= 0.6 is 12.4 Å². The molecule has 5 nitrogen and oxygen atoms in total. The second-order valence-electron chi connectivity index (χ2n) is 4.28. The first-order valence-corrected chi connectivity index (χ1v) is 6.34. The van der Waals surface area contributed by atoms with Crippen molar-refractivity contribution in [1.29, 1.82) is 0 Å². The van der Waals surface area contributed by atoms with E-state index in [0.717, 1.165) is 5.56 Å². The first kappa shape index (κ1) is 18.4. The second kappa shape index (κ2) is 9.34. The molecule has 0 bridgehead atoms. The number of hydrogen-bond donors (Lipinski definition) is 2. The number of aryl methyl sites for hydroxylation is 1. The molecule has 112 valence electrons. The first-order valence-electron chi connectivity index (χ1n) is 6.34. The predicted molar refractivity (Wildman–Crippen MR) is 80.9 cm³/mol. The van der Waals surface area contributed by atoms with E-state index in [2.05, 4.69) is 5.32 Å². The summed E-state index contributed by atoms with van der Waals surface area (Å²) >= 11 is 0. The molecule has 0 heterocycles. The Morgan fingerprint density at radius 2 is 1.90 bits per heavy atom. The largest absolute Gasteiger partial charge is 0.466 e. The molecule has 0 unspecified atom stereocenters. The fraction of sp³-hybridized carbons (Fsp3) is 0.429. The van der Waals surface area contributed by atoms with Gasteiger partial charge in [0, 0.05) is 12.1 Å². The maximum Gasteiger partial charge on any atom is 0.306 e. The molecular weight excluding hydrogens is 280 g/mol. The number of ether oxygens (including phenoxy) is 1. The van der Waals surface area contributed by atoms with Crippen LogP contribution in [0.25, 0.3) is 0 Å². The second-order valence-corrected chi connectivity index (χ2v) is 4.28. The number of hydrogen-bond acceptors (Lipinski definition) is 4. The van der Waals surface area contributed by atoms with Gasteiger partial charge in [-0.05, 0) is 38.0 Å². The maximum absolute atomic E-state index is 11.4. The molecule has 1 aromatic carbocycles. The molecule has 0 saturated carbocycles. The van der Waals surface area contributed by atoms with Gasteiger partial charge in [0.1, 0.15) is 0 Å². The number of rotatable bonds is 6. The lowest BCUT2D eigenvalue weighted by Gasteiger charge is -2.08. The first-order chi connectivity index (χ1) is 9.02. The van der Waals surface area contributed by atoms with Crippen LogP contribution in [0.15, 0.2) is 24.3 Å². The highest BCUT2D eigenvalue weighted by Crippen LogP contribution is 2.11. The molecule has 1 aromatic rings. The van der Waals surface area contributed by atoms with E-state index >= 15 is 0 Å². The molecule has 0 saturated heterocycles. The van der Waals surface area contributed by atoms with E-state index in [9.17, 15) is 9.59 Å². The van der Waals surface area contributed by atoms with Gasteiger partial charge < -0.3 is 15.8 Å². The van der Waals surface area contributed by atoms with Crippen LogP contribution < -0.4 is 11.1 Å². The van der Waals surface area contributed by atoms with Crippen LogP contribution in [0.3, 0.4) is 0 Å². The van der Waals surface area contributed by atoms with E-state index in [4.69, 9.17) is 10.5 Å². The number of amides is 1. The average molecular weight is 301 g/mol. The van der Waals surface area contributed by atoms with Gasteiger partial charge in [-0.3, -0.25) is 9.59 Å². The Balaban J connectivity index is 0.00000361. The van der Waals surface area contributed by atoms with Gasteiger partial charge in [-0.15, -0.1) is 12.4 Å². The summed E-state index contributed by atoms with van der Waals surface area (Å²) in [4.78, 5) is 22.6. The van der Waals surface area contributed by atoms with Gasteiger partial charge in [0.25, 0.3) is 0 Å². The van der Waals surface area contributed by atoms with Crippen molar-refractivity contribution >= 4 is 30.0 Å². The molecule has 3 N–H and O–H groups in total. The Labute approximate surface area is 125 Å². The van der Waals surface area contributed by atoms with Crippen LogP contribution in [0.4, 0.5) is 5.69 Å². The number of nitrogens with two attached hydrogens (primary N) is 1. The van der Waals surface area contributed by atoms with Gasteiger partial charge in [0.2, 0.25) is 5.91 Å². The molecule has 1 rings (SSSR count). The van der Waals surface area contributed by atoms with E-state index in [1.807, 2.05) is 12.1 Å². The number of halogens is 1. The number of nitrogens with one attached hydrogen (secondary N) is 1. The van der Waals surface area contributed by atoms with Crippen molar-refractivity contribution in [2.45, 2.75) is 32.7 Å². The molecule has 20 heavy (non-hydrogen) atoms. The third-order valence-corrected chi connectivity index (χ3v) is 2.56. The van der Waals surface area contributed by atoms with Gasteiger partial charge in [-0.25, -0.2) is 0 Å². The van der Waals surface area contributed by atoms with Gasteiger partial charge in [0.05, 0.1) is 12.6 Å². The third-order valence-electron chi connectivity index (χ3n) is 2.56. The topological polar surface area (TPSA) is 81.4 Å². The zero-order valence-corrected chi connectivity index (χ0v) is 12.5. The molecule has 1 amide bonds. The number of esters is 1. The summed E-state index contributed by atoms with van der Waals surface area (Å²) < 4.78 is 4.86. The van der Waals surface area contributed by atoms with E-state index in [1.54, 1.807) is 26.0 Å². The SMILES string of the molecule is CCOC(=O)CCc1ccc(NC(=O)[C@@H](C)N)cc1.Cl. The van der Waals surface area contributed by atoms with Crippen molar-refractivity contribution in [1.82, 2.24) is 0 Å². The van der Waals surface area contributed by atoms with Crippen LogP contribution in [-0.4, -0.2) is 24.5 Å². The van der Waals surface area contributed by atoms with Crippen LogP contribution in [-0.2, 0) is 20.7 Å². The van der Waals surface area contributed by atoms with Crippen molar-refractivity contribution in [2.24, 2.45) is 5.73 Å². The lowest BCUT2D eigenvalue weighted by Crippen LogP contribution is -2.32. The fourth-order valence-electron chi connectivity index (χ4n) is 1.49. The summed E-state index contributed by atoms with van der Waals surface area (Å²) in [5.74, 6) is -0.420. The Bertz CT molecular complexity index is 433. The van der Waals surface area contributed by atoms with Crippen LogP contribution in [0.2, 0.25) is 0 Å². The zero-order valence-electron chi connectivity index (χ0n) is 11.7. The Morgan fingerprint density at radius 3 is 2.40 bits per heavy atom. The number of benzene rings is 1. The number of anilines is 1. The molecule has 1 atom stereocenters. The van der Waals surface area contributed by atoms with Crippen LogP contribution in [0.5, 0.6) is 0 Å². The molecule has 0 aromatic heterocycles. The van der Waals surface area contributed by atoms with Crippen molar-refractivity contribution < 1.29 is 14.3 Å². The van der Waals surface area contributed by atoms with Gasteiger partial charge >= 0.3 is 5.97 Å². The highest BCUT2D eigenvalue weighted by atomic mass is 35.5. The monoisotopic (exact) mass is 300 g/mol. The molecule has 0 aliphatic rings. The molecule has 0 spiro atoms. The minimum atomic E-state index is -0.538. The zero-order chi connectivity index (χ0) is 14.3. The number of carbonyl (C=O) groups excluding carboxylic acids is 2. The highest BCUT2D eigenvalue weighted by Gasteiger charge is 2.07. The molecule has 0 fully saturated rings. The van der Waals surface area contributed by atoms with Crippen molar-refractivity contribution in [2.75, 3.05) is 11.9 Å². The predicted octanol–water partition coefficient (Wildman–Crippen LogP) is 1.89. The van der Waals surface area contributed by atoms with Crippen molar-refractivity contribution in [3.8, 4) is 0 Å². The lowest BCUT2D eigenvalue weighted by molar-refractivity contribution is -0.143. The summed E-state index contributed by atoms with van der Waals surface area (Å²) in [7, 11) is 0. The minimum absolute atomic E-state index is 0. The normalized spacial score (nSPS) is 11.2. The molecule has 6 heteroatoms. The lowest BCUT2D eigenvalue weighted by atomic mass is 10.1. The minimum Gasteiger partial charge on any atom is -0.466 e. The van der Waals surface area contributed by atoms with Crippen molar-refractivity contribution in [3.05, 3.63) is 29.8 Å². The smallest absolute Gasteiger partial charge is 0.306 e. The fourth-order valence-corrected chi connectivity index (χ4v) is 1.49. The van der Waals surface area contributed by atoms with Gasteiger partial charge in [-0.2, -0.15) is 0 Å². The number of carbonyl (C=O) groups is 2. The highest BCUT2D eigenvalue weighted by molar-refractivity contribution is 5.94. The summed E-state index contributed by atoms with van der Waals surface area (Å²) in [5.41, 5.74) is 7.18. The maximum atomic E-state index is 11.4. The van der Waals surface area contributed by atoms with Crippen molar-refractivity contribution in [3.63, 3.8) is 0 Å². The van der Waals surface area contributed by atoms with Gasteiger partial charge in [-0.1, -0.05) is 12.1 Å². The molecular formula is C14H21ClN2O3. The molecule has 0 aliphatic heterocycles. The molecule has 0 radical (unpaired) electrons. The van der Waals surface area contributed by atoms with Crippen LogP contribution in [0, 0.1) is 0 Å².